The highest BCUT2D eigenvalue weighted by molar-refractivity contribution is 5.95. The van der Waals surface area contributed by atoms with Crippen LogP contribution in [-0.2, 0) is 0 Å². The second-order valence-corrected chi connectivity index (χ2v) is 5.60. The zero-order valence-corrected chi connectivity index (χ0v) is 13.3. The molecule has 2 nitrogen and oxygen atoms in total. The van der Waals surface area contributed by atoms with Gasteiger partial charge in [-0.2, -0.15) is 0 Å². The molecule has 0 unspecified atom stereocenters. The first-order valence-corrected chi connectivity index (χ1v) is 7.49. The largest absolute Gasteiger partial charge is 0.455 e. The van der Waals surface area contributed by atoms with Gasteiger partial charge in [0, 0.05) is 12.0 Å². The van der Waals surface area contributed by atoms with Crippen LogP contribution in [0.3, 0.4) is 0 Å². The standard InChI is InChI=1S/C20H18O2/c1-5-6-7-15-13(3)9-11-17-18(15)19(21)16-10-8-12(2)14(4)20(16)22-17/h8-11H,5H2,1-4H3. The Kier molecular flexibility index (Phi) is 3.50. The van der Waals surface area contributed by atoms with E-state index in [0.717, 1.165) is 28.7 Å². The van der Waals surface area contributed by atoms with E-state index in [1.54, 1.807) is 0 Å². The number of hydrogen-bond donors (Lipinski definition) is 0. The molecule has 1 aromatic heterocycles. The van der Waals surface area contributed by atoms with Crippen LogP contribution < -0.4 is 5.43 Å². The monoisotopic (exact) mass is 290 g/mol. The van der Waals surface area contributed by atoms with Crippen molar-refractivity contribution < 1.29 is 4.42 Å². The SMILES string of the molecule is CCC#Cc1c(C)ccc2oc3c(C)c(C)ccc3c(=O)c12. The summed E-state index contributed by atoms with van der Waals surface area (Å²) in [6, 6.07) is 7.64. The van der Waals surface area contributed by atoms with Crippen molar-refractivity contribution in [3.05, 3.63) is 56.7 Å². The van der Waals surface area contributed by atoms with Crippen LogP contribution in [0, 0.1) is 32.6 Å². The molecule has 0 N–H and O–H groups in total. The highest BCUT2D eigenvalue weighted by atomic mass is 16.3. The predicted molar refractivity (Wildman–Crippen MR) is 91.4 cm³/mol. The Morgan fingerprint density at radius 2 is 1.77 bits per heavy atom. The van der Waals surface area contributed by atoms with Gasteiger partial charge < -0.3 is 4.42 Å². The number of rotatable bonds is 0. The van der Waals surface area contributed by atoms with Crippen LogP contribution in [0.25, 0.3) is 21.9 Å². The lowest BCUT2D eigenvalue weighted by atomic mass is 10.00. The van der Waals surface area contributed by atoms with Gasteiger partial charge in [0.25, 0.3) is 0 Å². The molecule has 0 aliphatic rings. The quantitative estimate of drug-likeness (QED) is 0.446. The fourth-order valence-corrected chi connectivity index (χ4v) is 2.68. The summed E-state index contributed by atoms with van der Waals surface area (Å²) in [6.45, 7) is 7.98. The molecule has 110 valence electrons. The molecule has 0 spiro atoms. The maximum Gasteiger partial charge on any atom is 0.201 e. The Bertz CT molecular complexity index is 1010. The van der Waals surface area contributed by atoms with Gasteiger partial charge in [0.05, 0.1) is 10.8 Å². The molecule has 1 heterocycles. The summed E-state index contributed by atoms with van der Waals surface area (Å²) in [7, 11) is 0. The van der Waals surface area contributed by atoms with E-state index >= 15 is 0 Å². The summed E-state index contributed by atoms with van der Waals surface area (Å²) >= 11 is 0. The first kappa shape index (κ1) is 14.4. The van der Waals surface area contributed by atoms with E-state index in [4.69, 9.17) is 4.42 Å². The maximum absolute atomic E-state index is 13.0. The van der Waals surface area contributed by atoms with Crippen molar-refractivity contribution in [2.45, 2.75) is 34.1 Å². The Labute approximate surface area is 129 Å². The van der Waals surface area contributed by atoms with Gasteiger partial charge >= 0.3 is 0 Å². The molecule has 0 amide bonds. The Morgan fingerprint density at radius 1 is 1.05 bits per heavy atom. The molecule has 0 saturated carbocycles. The van der Waals surface area contributed by atoms with E-state index in [1.165, 1.54) is 0 Å². The lowest BCUT2D eigenvalue weighted by molar-refractivity contribution is 0.656. The molecule has 0 fully saturated rings. The van der Waals surface area contributed by atoms with Gasteiger partial charge in [-0.05, 0) is 49.6 Å². The maximum atomic E-state index is 13.0. The smallest absolute Gasteiger partial charge is 0.201 e. The minimum Gasteiger partial charge on any atom is -0.455 e. The predicted octanol–water partition coefficient (Wildman–Crippen LogP) is 4.63. The minimum atomic E-state index is 0.00320. The van der Waals surface area contributed by atoms with Crippen molar-refractivity contribution in [1.82, 2.24) is 0 Å². The van der Waals surface area contributed by atoms with Gasteiger partial charge in [0.1, 0.15) is 11.2 Å². The Balaban J connectivity index is 2.55. The third-order valence-electron chi connectivity index (χ3n) is 4.13. The number of hydrogen-bond acceptors (Lipinski definition) is 2. The molecule has 0 radical (unpaired) electrons. The fourth-order valence-electron chi connectivity index (χ4n) is 2.68. The van der Waals surface area contributed by atoms with E-state index in [-0.39, 0.29) is 5.43 Å². The first-order chi connectivity index (χ1) is 10.5. The second-order valence-electron chi connectivity index (χ2n) is 5.60. The van der Waals surface area contributed by atoms with Gasteiger partial charge in [-0.15, -0.1) is 0 Å². The normalized spacial score (nSPS) is 10.7. The lowest BCUT2D eigenvalue weighted by Crippen LogP contribution is -2.06. The van der Waals surface area contributed by atoms with Crippen LogP contribution in [-0.4, -0.2) is 0 Å². The molecule has 0 aliphatic carbocycles. The molecule has 0 saturated heterocycles. The molecule has 0 aliphatic heterocycles. The Morgan fingerprint density at radius 3 is 2.50 bits per heavy atom. The zero-order valence-electron chi connectivity index (χ0n) is 13.3. The van der Waals surface area contributed by atoms with Crippen molar-refractivity contribution in [3.63, 3.8) is 0 Å². The molecule has 2 heteroatoms. The van der Waals surface area contributed by atoms with Gasteiger partial charge in [-0.1, -0.05) is 30.9 Å². The average Bonchev–Trinajstić information content (AvgIpc) is 2.51. The summed E-state index contributed by atoms with van der Waals surface area (Å²) in [5.74, 6) is 6.19. The van der Waals surface area contributed by atoms with E-state index in [2.05, 4.69) is 11.8 Å². The van der Waals surface area contributed by atoms with E-state index in [1.807, 2.05) is 52.0 Å². The summed E-state index contributed by atoms with van der Waals surface area (Å²) < 4.78 is 6.05. The van der Waals surface area contributed by atoms with Crippen molar-refractivity contribution in [2.75, 3.05) is 0 Å². The van der Waals surface area contributed by atoms with E-state index < -0.39 is 0 Å². The van der Waals surface area contributed by atoms with Gasteiger partial charge in [-0.25, -0.2) is 0 Å². The van der Waals surface area contributed by atoms with Gasteiger partial charge in [-0.3, -0.25) is 4.79 Å². The van der Waals surface area contributed by atoms with Crippen molar-refractivity contribution in [1.29, 1.82) is 0 Å². The van der Waals surface area contributed by atoms with Crippen molar-refractivity contribution >= 4 is 21.9 Å². The topological polar surface area (TPSA) is 30.2 Å². The summed E-state index contributed by atoms with van der Waals surface area (Å²) in [6.07, 6.45) is 0.757. The van der Waals surface area contributed by atoms with Crippen LogP contribution >= 0.6 is 0 Å². The van der Waals surface area contributed by atoms with Crippen LogP contribution in [0.15, 0.2) is 33.5 Å². The highest BCUT2D eigenvalue weighted by Crippen LogP contribution is 2.26. The summed E-state index contributed by atoms with van der Waals surface area (Å²) in [5.41, 5.74) is 5.21. The van der Waals surface area contributed by atoms with Gasteiger partial charge in [0.15, 0.2) is 0 Å². The minimum absolute atomic E-state index is 0.00320. The number of benzene rings is 2. The third-order valence-corrected chi connectivity index (χ3v) is 4.13. The van der Waals surface area contributed by atoms with Gasteiger partial charge in [0.2, 0.25) is 5.43 Å². The second kappa shape index (κ2) is 5.35. The summed E-state index contributed by atoms with van der Waals surface area (Å²) in [5, 5.41) is 1.22. The number of fused-ring (bicyclic) bond motifs is 2. The Hall–Kier alpha value is -2.53. The molecular weight excluding hydrogens is 272 g/mol. The molecule has 0 atom stereocenters. The first-order valence-electron chi connectivity index (χ1n) is 7.49. The summed E-state index contributed by atoms with van der Waals surface area (Å²) in [4.78, 5) is 13.0. The van der Waals surface area contributed by atoms with Crippen molar-refractivity contribution in [3.8, 4) is 11.8 Å². The molecule has 2 aromatic carbocycles. The third kappa shape index (κ3) is 2.10. The van der Waals surface area contributed by atoms with Crippen LogP contribution in [0.2, 0.25) is 0 Å². The number of aryl methyl sites for hydroxylation is 3. The van der Waals surface area contributed by atoms with E-state index in [0.29, 0.717) is 21.9 Å². The zero-order chi connectivity index (χ0) is 15.9. The van der Waals surface area contributed by atoms with Crippen LogP contribution in [0.4, 0.5) is 0 Å². The van der Waals surface area contributed by atoms with E-state index in [9.17, 15) is 4.79 Å². The highest BCUT2D eigenvalue weighted by Gasteiger charge is 2.14. The fraction of sp³-hybridized carbons (Fsp3) is 0.250. The molecule has 3 aromatic rings. The molecule has 3 rings (SSSR count). The lowest BCUT2D eigenvalue weighted by Gasteiger charge is -2.08. The average molecular weight is 290 g/mol. The van der Waals surface area contributed by atoms with Crippen LogP contribution in [0.1, 0.15) is 35.6 Å². The van der Waals surface area contributed by atoms with Crippen molar-refractivity contribution in [2.24, 2.45) is 0 Å². The molecule has 22 heavy (non-hydrogen) atoms. The van der Waals surface area contributed by atoms with Crippen LogP contribution in [0.5, 0.6) is 0 Å². The molecular formula is C20H18O2. The molecule has 0 bridgehead atoms.